The summed E-state index contributed by atoms with van der Waals surface area (Å²) in [5, 5.41) is 1.91. The van der Waals surface area contributed by atoms with Gasteiger partial charge in [-0.1, -0.05) is 140 Å². The van der Waals surface area contributed by atoms with Crippen molar-refractivity contribution in [2.24, 2.45) is 5.41 Å². The molecule has 3 aromatic heterocycles. The molecule has 3 heterocycles. The Morgan fingerprint density at radius 1 is 0.722 bits per heavy atom. The maximum absolute atomic E-state index is 8.95. The maximum atomic E-state index is 8.95. The molecule has 7 aromatic rings. The zero-order chi connectivity index (χ0) is 42.2. The molecule has 1 radical (unpaired) electrons. The Kier molecular flexibility index (Phi) is 8.78. The van der Waals surface area contributed by atoms with E-state index in [0.29, 0.717) is 16.8 Å². The molecule has 8 rings (SSSR count). The molecule has 0 atom stereocenters. The van der Waals surface area contributed by atoms with Gasteiger partial charge in [0.2, 0.25) is 0 Å². The van der Waals surface area contributed by atoms with Gasteiger partial charge < -0.3 is 14.4 Å². The molecule has 279 valence electrons. The zero-order valence-corrected chi connectivity index (χ0v) is 35.3. The van der Waals surface area contributed by atoms with Crippen LogP contribution in [0.4, 0.5) is 0 Å². The van der Waals surface area contributed by atoms with Gasteiger partial charge in [-0.05, 0) is 68.7 Å². The summed E-state index contributed by atoms with van der Waals surface area (Å²) in [6.07, 6.45) is 1.31. The second-order valence-corrected chi connectivity index (χ2v) is 17.3. The van der Waals surface area contributed by atoms with Gasteiger partial charge in [0.25, 0.3) is 0 Å². The Labute approximate surface area is 343 Å². The van der Waals surface area contributed by atoms with Crippen molar-refractivity contribution in [1.29, 1.82) is 0 Å². The first-order chi connectivity index (χ1) is 27.0. The molecule has 0 aliphatic heterocycles. The molecule has 0 bridgehead atoms. The standard InChI is InChI=1S/C35H36NO.C15H16N.Ir/c1-21-20-36-29(18-22(21)19-33(2,3)4)27-14-11-13-25-26-17-16-24-23-12-9-10-15-28(23)34(5,6)35(7,8)30(24)32(26)37-31(25)27;1-15(2,3)13-9-10-14(16-11-13)12-7-5-4-6-8-12;/h9-13,15-18,20H,19H2,1-8H3;4-7,9-11H,1-3H3;/q2*-1;/i1D3,19D2;;. The van der Waals surface area contributed by atoms with Crippen LogP contribution in [0.2, 0.25) is 0 Å². The predicted molar refractivity (Wildman–Crippen MR) is 222 cm³/mol. The Bertz CT molecular complexity index is 2650. The fourth-order valence-corrected chi connectivity index (χ4v) is 7.40. The fraction of sp³-hybridized carbons (Fsp3) is 0.320. The summed E-state index contributed by atoms with van der Waals surface area (Å²) in [5.74, 6) is 0. The quantitative estimate of drug-likeness (QED) is 0.166. The number of rotatable bonds is 3. The number of pyridine rings is 2. The first-order valence-electron chi connectivity index (χ1n) is 20.9. The third-order valence-electron chi connectivity index (χ3n) is 11.0. The topological polar surface area (TPSA) is 38.9 Å². The van der Waals surface area contributed by atoms with Gasteiger partial charge >= 0.3 is 0 Å². The molecule has 0 saturated heterocycles. The molecule has 0 amide bonds. The summed E-state index contributed by atoms with van der Waals surface area (Å²) < 4.78 is 49.0. The van der Waals surface area contributed by atoms with Crippen LogP contribution in [0.3, 0.4) is 0 Å². The minimum absolute atomic E-state index is 0. The van der Waals surface area contributed by atoms with E-state index < -0.39 is 18.6 Å². The molecule has 0 N–H and O–H groups in total. The zero-order valence-electron chi connectivity index (χ0n) is 38.0. The van der Waals surface area contributed by atoms with Crippen molar-refractivity contribution in [2.75, 3.05) is 0 Å². The molecule has 0 spiro atoms. The number of furan rings is 1. The number of hydrogen-bond donors (Lipinski definition) is 0. The van der Waals surface area contributed by atoms with Crippen molar-refractivity contribution in [3.05, 3.63) is 143 Å². The van der Waals surface area contributed by atoms with E-state index in [1.807, 2.05) is 42.6 Å². The van der Waals surface area contributed by atoms with Crippen LogP contribution in [-0.4, -0.2) is 9.97 Å². The minimum atomic E-state index is -2.51. The molecule has 4 aromatic carbocycles. The Hall–Kier alpha value is -4.37. The van der Waals surface area contributed by atoms with E-state index in [4.69, 9.17) is 11.3 Å². The van der Waals surface area contributed by atoms with Gasteiger partial charge in [0.05, 0.1) is 5.58 Å². The Morgan fingerprint density at radius 2 is 1.44 bits per heavy atom. The van der Waals surface area contributed by atoms with Crippen LogP contribution in [0.15, 0.2) is 108 Å². The number of nitrogens with zero attached hydrogens (tertiary/aromatic N) is 2. The van der Waals surface area contributed by atoms with Gasteiger partial charge in [0, 0.05) is 55.7 Å². The minimum Gasteiger partial charge on any atom is -0.500 e. The van der Waals surface area contributed by atoms with E-state index in [9.17, 15) is 0 Å². The number of hydrogen-bond acceptors (Lipinski definition) is 3. The van der Waals surface area contributed by atoms with Gasteiger partial charge in [-0.25, -0.2) is 0 Å². The summed E-state index contributed by atoms with van der Waals surface area (Å²) in [6, 6.07) is 36.8. The summed E-state index contributed by atoms with van der Waals surface area (Å²) >= 11 is 0. The molecule has 3 nitrogen and oxygen atoms in total. The first-order valence-corrected chi connectivity index (χ1v) is 18.4. The van der Waals surface area contributed by atoms with Crippen LogP contribution >= 0.6 is 0 Å². The van der Waals surface area contributed by atoms with Gasteiger partial charge in [-0.2, -0.15) is 0 Å². The Balaban J connectivity index is 0.000000289. The largest absolute Gasteiger partial charge is 0.500 e. The number of fused-ring (bicyclic) bond motifs is 7. The molecule has 54 heavy (non-hydrogen) atoms. The monoisotopic (exact) mass is 894 g/mol. The van der Waals surface area contributed by atoms with Crippen LogP contribution in [0.1, 0.15) is 104 Å². The summed E-state index contributed by atoms with van der Waals surface area (Å²) in [7, 11) is 0. The van der Waals surface area contributed by atoms with Crippen LogP contribution in [-0.2, 0) is 42.7 Å². The van der Waals surface area contributed by atoms with Crippen LogP contribution in [0.25, 0.3) is 55.6 Å². The number of benzene rings is 4. The fourth-order valence-electron chi connectivity index (χ4n) is 7.40. The SMILES string of the molecule is CC(C)(C)c1ccc(-c2[c-]cccc2)nc1.[2H]C([2H])([2H])c1cnc(-c2[c-]ccc3c2oc2c4c(ccc23)-c2ccccc2C(C)(C)C4(C)C)cc1C([2H])([2H])C(C)(C)C.[Ir]. The van der Waals surface area contributed by atoms with E-state index >= 15 is 0 Å². The van der Waals surface area contributed by atoms with E-state index in [2.05, 4.69) is 119 Å². The first kappa shape index (κ1) is 33.0. The molecule has 1 aliphatic carbocycles. The van der Waals surface area contributed by atoms with Crippen molar-refractivity contribution in [3.63, 3.8) is 0 Å². The van der Waals surface area contributed by atoms with Crippen LogP contribution in [0, 0.1) is 24.4 Å². The normalized spacial score (nSPS) is 16.3. The van der Waals surface area contributed by atoms with E-state index in [0.717, 1.165) is 38.7 Å². The Morgan fingerprint density at radius 3 is 2.11 bits per heavy atom. The van der Waals surface area contributed by atoms with E-state index in [1.54, 1.807) is 26.8 Å². The van der Waals surface area contributed by atoms with Crippen molar-refractivity contribution >= 4 is 21.9 Å². The molecule has 1 aliphatic rings. The number of aryl methyl sites for hydroxylation is 1. The van der Waals surface area contributed by atoms with E-state index in [1.165, 1.54) is 22.9 Å². The summed E-state index contributed by atoms with van der Waals surface area (Å²) in [6.45, 7) is 18.5. The predicted octanol–water partition coefficient (Wildman–Crippen LogP) is 13.4. The van der Waals surface area contributed by atoms with Crippen molar-refractivity contribution < 1.29 is 31.4 Å². The van der Waals surface area contributed by atoms with E-state index in [-0.39, 0.29) is 47.5 Å². The third-order valence-corrected chi connectivity index (χ3v) is 11.0. The average Bonchev–Trinajstić information content (AvgIpc) is 3.55. The van der Waals surface area contributed by atoms with Crippen LogP contribution in [0.5, 0.6) is 0 Å². The average molecular weight is 894 g/mol. The van der Waals surface area contributed by atoms with Gasteiger partial charge in [-0.3, -0.25) is 0 Å². The van der Waals surface area contributed by atoms with Crippen molar-refractivity contribution in [2.45, 2.75) is 98.7 Å². The van der Waals surface area contributed by atoms with Crippen LogP contribution < -0.4 is 0 Å². The van der Waals surface area contributed by atoms with Gasteiger partial charge in [0.1, 0.15) is 5.58 Å². The summed E-state index contributed by atoms with van der Waals surface area (Å²) in [4.78, 5) is 9.03. The molecule has 4 heteroatoms. The molecular formula is C50H52IrN2O-2. The second-order valence-electron chi connectivity index (χ2n) is 17.3. The maximum Gasteiger partial charge on any atom is 0.125 e. The second kappa shape index (κ2) is 14.4. The molecule has 0 saturated carbocycles. The molecular weight excluding hydrogens is 837 g/mol. The molecule has 0 fully saturated rings. The summed E-state index contributed by atoms with van der Waals surface area (Å²) in [5.41, 5.74) is 9.44. The van der Waals surface area contributed by atoms with Crippen molar-refractivity contribution in [3.8, 4) is 33.6 Å². The smallest absolute Gasteiger partial charge is 0.125 e. The number of aromatic nitrogens is 2. The molecule has 0 unspecified atom stereocenters. The van der Waals surface area contributed by atoms with Gasteiger partial charge in [-0.15, -0.1) is 54.1 Å². The third kappa shape index (κ3) is 7.12. The van der Waals surface area contributed by atoms with Crippen molar-refractivity contribution in [1.82, 2.24) is 9.97 Å². The van der Waals surface area contributed by atoms with Gasteiger partial charge in [0.15, 0.2) is 0 Å².